The minimum atomic E-state index is 0.0350. The summed E-state index contributed by atoms with van der Waals surface area (Å²) in [6.45, 7) is 4.48. The highest BCUT2D eigenvalue weighted by atomic mass is 16.1. The lowest BCUT2D eigenvalue weighted by atomic mass is 9.81. The zero-order valence-electron chi connectivity index (χ0n) is 18.6. The number of H-pyrrole nitrogens is 1. The van der Waals surface area contributed by atoms with E-state index in [1.165, 1.54) is 11.9 Å². The van der Waals surface area contributed by atoms with Crippen LogP contribution in [0.3, 0.4) is 0 Å². The van der Waals surface area contributed by atoms with Crippen molar-refractivity contribution in [3.63, 3.8) is 0 Å². The maximum Gasteiger partial charge on any atom is 0.216 e. The third-order valence-electron chi connectivity index (χ3n) is 6.72. The van der Waals surface area contributed by atoms with Crippen LogP contribution >= 0.6 is 0 Å². The van der Waals surface area contributed by atoms with Gasteiger partial charge in [0.05, 0.1) is 5.69 Å². The largest absolute Gasteiger partial charge is 0.382 e. The third kappa shape index (κ3) is 3.59. The normalized spacial score (nSPS) is 18.9. The lowest BCUT2D eigenvalue weighted by molar-refractivity contribution is -0.119. The molecule has 3 aromatic heterocycles. The van der Waals surface area contributed by atoms with Gasteiger partial charge in [-0.25, -0.2) is 14.5 Å². The van der Waals surface area contributed by atoms with E-state index >= 15 is 0 Å². The van der Waals surface area contributed by atoms with Gasteiger partial charge in [0.25, 0.3) is 0 Å². The summed E-state index contributed by atoms with van der Waals surface area (Å²) in [4.78, 5) is 24.1. The Labute approximate surface area is 186 Å². The molecule has 1 aliphatic rings. The first kappa shape index (κ1) is 20.5. The van der Waals surface area contributed by atoms with Crippen LogP contribution < -0.4 is 11.1 Å². The number of carbonyl (C=O) groups is 1. The maximum atomic E-state index is 11.2. The van der Waals surface area contributed by atoms with Crippen molar-refractivity contribution in [1.29, 1.82) is 0 Å². The number of aryl methyl sites for hydroxylation is 1. The Balaban J connectivity index is 1.52. The van der Waals surface area contributed by atoms with Gasteiger partial charge in [-0.3, -0.25) is 4.79 Å². The average Bonchev–Trinajstić information content (AvgIpc) is 3.40. The number of fused-ring (bicyclic) bond motifs is 2. The van der Waals surface area contributed by atoms with Gasteiger partial charge in [0.1, 0.15) is 23.4 Å². The number of anilines is 1. The molecule has 0 radical (unpaired) electrons. The first-order valence-corrected chi connectivity index (χ1v) is 11.4. The van der Waals surface area contributed by atoms with Gasteiger partial charge in [0, 0.05) is 30.3 Å². The summed E-state index contributed by atoms with van der Waals surface area (Å²) in [6, 6.07) is 8.49. The Hall–Kier alpha value is -3.42. The Morgan fingerprint density at radius 3 is 2.84 bits per heavy atom. The van der Waals surface area contributed by atoms with Crippen LogP contribution in [-0.2, 0) is 11.2 Å². The van der Waals surface area contributed by atoms with Crippen LogP contribution in [-0.4, -0.2) is 37.0 Å². The van der Waals surface area contributed by atoms with Crippen molar-refractivity contribution in [3.8, 4) is 11.4 Å². The summed E-state index contributed by atoms with van der Waals surface area (Å²) in [5, 5.41) is 8.64. The van der Waals surface area contributed by atoms with E-state index in [0.29, 0.717) is 17.7 Å². The molecule has 4 aromatic rings. The number of amides is 1. The Kier molecular flexibility index (Phi) is 5.28. The summed E-state index contributed by atoms with van der Waals surface area (Å²) >= 11 is 0. The Bertz CT molecular complexity index is 1280. The van der Waals surface area contributed by atoms with Crippen LogP contribution in [0.15, 0.2) is 30.6 Å². The topological polar surface area (TPSA) is 114 Å². The number of benzene rings is 1. The van der Waals surface area contributed by atoms with E-state index in [2.05, 4.69) is 51.6 Å². The van der Waals surface area contributed by atoms with Crippen LogP contribution in [0.25, 0.3) is 27.8 Å². The van der Waals surface area contributed by atoms with E-state index in [4.69, 9.17) is 10.7 Å². The second kappa shape index (κ2) is 8.26. The average molecular weight is 432 g/mol. The molecule has 4 N–H and O–H groups in total. The lowest BCUT2D eigenvalue weighted by Crippen LogP contribution is -2.29. The molecule has 0 saturated heterocycles. The zero-order valence-corrected chi connectivity index (χ0v) is 18.6. The molecule has 0 aliphatic heterocycles. The number of carbonyl (C=O) groups excluding carboxylic acids is 1. The second-order valence-corrected chi connectivity index (χ2v) is 8.80. The molecule has 166 valence electrons. The SMILES string of the molecule is CCc1cccc2cc(-c3nc(C4CCC(CNC(C)=O)CC4)n4ncnc(N)c34)[nH]c12. The van der Waals surface area contributed by atoms with Crippen LogP contribution in [0, 0.1) is 5.92 Å². The van der Waals surface area contributed by atoms with Gasteiger partial charge in [-0.15, -0.1) is 0 Å². The van der Waals surface area contributed by atoms with Crippen LogP contribution in [0.5, 0.6) is 0 Å². The number of hydrogen-bond donors (Lipinski definition) is 3. The molecule has 0 spiro atoms. The summed E-state index contributed by atoms with van der Waals surface area (Å²) in [5.74, 6) is 2.23. The van der Waals surface area contributed by atoms with Gasteiger partial charge in [0.2, 0.25) is 5.91 Å². The highest BCUT2D eigenvalue weighted by molar-refractivity contribution is 5.92. The number of hydrogen-bond acceptors (Lipinski definition) is 5. The molecule has 32 heavy (non-hydrogen) atoms. The number of imidazole rings is 1. The minimum absolute atomic E-state index is 0.0350. The van der Waals surface area contributed by atoms with Gasteiger partial charge in [0.15, 0.2) is 5.82 Å². The smallest absolute Gasteiger partial charge is 0.216 e. The molecule has 3 heterocycles. The zero-order chi connectivity index (χ0) is 22.2. The molecule has 8 nitrogen and oxygen atoms in total. The number of nitrogen functional groups attached to an aromatic ring is 1. The second-order valence-electron chi connectivity index (χ2n) is 8.80. The lowest BCUT2D eigenvalue weighted by Gasteiger charge is -2.27. The number of rotatable bonds is 5. The quantitative estimate of drug-likeness (QED) is 0.444. The van der Waals surface area contributed by atoms with Crippen molar-refractivity contribution in [2.45, 2.75) is 51.9 Å². The van der Waals surface area contributed by atoms with Gasteiger partial charge < -0.3 is 16.0 Å². The van der Waals surface area contributed by atoms with E-state index in [1.807, 2.05) is 4.52 Å². The van der Waals surface area contributed by atoms with Crippen molar-refractivity contribution in [2.24, 2.45) is 5.92 Å². The fourth-order valence-corrected chi connectivity index (χ4v) is 4.98. The van der Waals surface area contributed by atoms with Crippen LogP contribution in [0.4, 0.5) is 5.82 Å². The van der Waals surface area contributed by atoms with Crippen molar-refractivity contribution in [2.75, 3.05) is 12.3 Å². The summed E-state index contributed by atoms with van der Waals surface area (Å²) in [7, 11) is 0. The molecule has 1 amide bonds. The minimum Gasteiger partial charge on any atom is -0.382 e. The Morgan fingerprint density at radius 1 is 1.28 bits per heavy atom. The molecule has 0 bridgehead atoms. The highest BCUT2D eigenvalue weighted by Crippen LogP contribution is 2.38. The highest BCUT2D eigenvalue weighted by Gasteiger charge is 2.28. The Morgan fingerprint density at radius 2 is 2.09 bits per heavy atom. The number of nitrogens with two attached hydrogens (primary N) is 1. The maximum absolute atomic E-state index is 11.2. The number of aromatic amines is 1. The van der Waals surface area contributed by atoms with E-state index in [0.717, 1.165) is 72.3 Å². The number of nitrogens with zero attached hydrogens (tertiary/aromatic N) is 4. The first-order valence-electron chi connectivity index (χ1n) is 11.4. The summed E-state index contributed by atoms with van der Waals surface area (Å²) in [5.41, 5.74) is 11.2. The predicted molar refractivity (Wildman–Crippen MR) is 125 cm³/mol. The van der Waals surface area contributed by atoms with Crippen LogP contribution in [0.1, 0.15) is 56.8 Å². The van der Waals surface area contributed by atoms with Gasteiger partial charge in [-0.1, -0.05) is 25.1 Å². The fourth-order valence-electron chi connectivity index (χ4n) is 4.98. The van der Waals surface area contributed by atoms with E-state index in [1.54, 1.807) is 6.92 Å². The molecule has 5 rings (SSSR count). The molecule has 1 aromatic carbocycles. The standard InChI is InChI=1S/C24H29N7O/c1-3-16-5-4-6-18-11-19(29-20(16)18)21-22-23(25)27-13-28-31(22)24(30-21)17-9-7-15(8-10-17)12-26-14(2)32/h4-6,11,13,15,17,29H,3,7-10,12H2,1-2H3,(H,26,32)(H2,25,27,28). The number of para-hydroxylation sites is 1. The van der Waals surface area contributed by atoms with E-state index < -0.39 is 0 Å². The van der Waals surface area contributed by atoms with Crippen LogP contribution in [0.2, 0.25) is 0 Å². The molecule has 8 heteroatoms. The number of nitrogens with one attached hydrogen (secondary N) is 2. The van der Waals surface area contributed by atoms with E-state index in [-0.39, 0.29) is 5.91 Å². The fraction of sp³-hybridized carbons (Fsp3) is 0.417. The molecule has 1 saturated carbocycles. The van der Waals surface area contributed by atoms with Gasteiger partial charge in [-0.2, -0.15) is 5.10 Å². The molecule has 0 unspecified atom stereocenters. The molecular formula is C24H29N7O. The molecule has 0 atom stereocenters. The third-order valence-corrected chi connectivity index (χ3v) is 6.72. The van der Waals surface area contributed by atoms with Gasteiger partial charge >= 0.3 is 0 Å². The monoisotopic (exact) mass is 431 g/mol. The molecule has 1 fully saturated rings. The summed E-state index contributed by atoms with van der Waals surface area (Å²) in [6.07, 6.45) is 6.60. The number of aromatic nitrogens is 5. The van der Waals surface area contributed by atoms with Crippen molar-refractivity contribution in [3.05, 3.63) is 42.0 Å². The first-order chi connectivity index (χ1) is 15.5. The molecule has 1 aliphatic carbocycles. The van der Waals surface area contributed by atoms with Crippen molar-refractivity contribution >= 4 is 28.1 Å². The van der Waals surface area contributed by atoms with Crippen molar-refractivity contribution in [1.82, 2.24) is 29.9 Å². The summed E-state index contributed by atoms with van der Waals surface area (Å²) < 4.78 is 1.88. The molecular weight excluding hydrogens is 402 g/mol. The predicted octanol–water partition coefficient (Wildman–Crippen LogP) is 3.83. The van der Waals surface area contributed by atoms with Gasteiger partial charge in [-0.05, 0) is 49.7 Å². The van der Waals surface area contributed by atoms with E-state index in [9.17, 15) is 4.79 Å². The van der Waals surface area contributed by atoms with Crippen molar-refractivity contribution < 1.29 is 4.79 Å².